The van der Waals surface area contributed by atoms with Crippen molar-refractivity contribution in [1.82, 2.24) is 0 Å². The van der Waals surface area contributed by atoms with Gasteiger partial charge in [-0.05, 0) is 0 Å². The van der Waals surface area contributed by atoms with Gasteiger partial charge in [0.25, 0.3) is 0 Å². The van der Waals surface area contributed by atoms with E-state index in [0.29, 0.717) is 12.3 Å². The van der Waals surface area contributed by atoms with E-state index in [1.165, 1.54) is 13.3 Å². The number of rotatable bonds is 2. The van der Waals surface area contributed by atoms with Gasteiger partial charge in [-0.15, -0.1) is 0 Å². The molecule has 2 unspecified atom stereocenters. The van der Waals surface area contributed by atoms with E-state index < -0.39 is 14.7 Å². The second-order valence-corrected chi connectivity index (χ2v) is 8.20. The lowest BCUT2D eigenvalue weighted by Crippen LogP contribution is -1.75. The maximum Gasteiger partial charge on any atom is 0.197 e. The minimum absolute atomic E-state index is 0. The smallest absolute Gasteiger partial charge is 0.197 e. The summed E-state index contributed by atoms with van der Waals surface area (Å²) in [5.41, 5.74) is 0. The molecule has 84 valence electrons. The minimum atomic E-state index is -2.65. The van der Waals surface area contributed by atoms with Gasteiger partial charge in [-0.3, -0.25) is 9.13 Å². The van der Waals surface area contributed by atoms with Crippen LogP contribution in [0.1, 0.15) is 13.8 Å². The Balaban J connectivity index is -0.000000143. The van der Waals surface area contributed by atoms with Crippen molar-refractivity contribution in [3.05, 3.63) is 0 Å². The van der Waals surface area contributed by atoms with Crippen molar-refractivity contribution in [2.24, 2.45) is 0 Å². The van der Waals surface area contributed by atoms with Crippen molar-refractivity contribution in [2.75, 3.05) is 25.7 Å². The first-order valence-electron chi connectivity index (χ1n) is 3.71. The van der Waals surface area contributed by atoms with Crippen LogP contribution < -0.4 is 0 Å². The molecular formula is C6H20O5P2. The highest BCUT2D eigenvalue weighted by Gasteiger charge is 2.01. The fourth-order valence-corrected chi connectivity index (χ4v) is 0. The second-order valence-electron chi connectivity index (χ2n) is 2.73. The third-order valence-electron chi connectivity index (χ3n) is 1.17. The number of hydrogen-bond acceptors (Lipinski definition) is 2. The predicted molar refractivity (Wildman–Crippen MR) is 56.2 cm³/mol. The molecule has 0 aromatic carbocycles. The number of hydrogen-bond donors (Lipinski definition) is 2. The first-order valence-corrected chi connectivity index (χ1v) is 8.29. The van der Waals surface area contributed by atoms with Crippen LogP contribution in [0.5, 0.6) is 0 Å². The van der Waals surface area contributed by atoms with E-state index in [9.17, 15) is 9.13 Å². The van der Waals surface area contributed by atoms with Crippen LogP contribution in [0, 0.1) is 0 Å². The van der Waals surface area contributed by atoms with Crippen LogP contribution in [-0.2, 0) is 9.13 Å². The molecule has 0 rings (SSSR count). The topological polar surface area (TPSA) is 106 Å². The highest BCUT2D eigenvalue weighted by Crippen LogP contribution is 2.33. The normalized spacial score (nSPS) is 18.3. The molecule has 0 radical (unpaired) electrons. The molecule has 0 aliphatic rings. The van der Waals surface area contributed by atoms with Gasteiger partial charge in [0.05, 0.1) is 0 Å². The van der Waals surface area contributed by atoms with Crippen LogP contribution >= 0.6 is 14.7 Å². The van der Waals surface area contributed by atoms with E-state index in [1.807, 2.05) is 0 Å². The van der Waals surface area contributed by atoms with Gasteiger partial charge in [0.1, 0.15) is 0 Å². The van der Waals surface area contributed by atoms with Crippen molar-refractivity contribution in [3.63, 3.8) is 0 Å². The fraction of sp³-hybridized carbons (Fsp3) is 1.00. The van der Waals surface area contributed by atoms with Crippen LogP contribution in [-0.4, -0.2) is 40.9 Å². The molecule has 0 saturated heterocycles. The second kappa shape index (κ2) is 7.72. The Morgan fingerprint density at radius 1 is 0.923 bits per heavy atom. The zero-order valence-corrected chi connectivity index (χ0v) is 10.3. The summed E-state index contributed by atoms with van der Waals surface area (Å²) in [4.78, 5) is 16.8. The van der Waals surface area contributed by atoms with E-state index >= 15 is 0 Å². The van der Waals surface area contributed by atoms with Gasteiger partial charge in [-0.2, -0.15) is 0 Å². The zero-order valence-electron chi connectivity index (χ0n) is 8.52. The molecule has 0 heterocycles. The van der Waals surface area contributed by atoms with E-state index in [4.69, 9.17) is 9.79 Å². The first-order chi connectivity index (χ1) is 5.12. The standard InChI is InChI=1S/2C3H9O2P.H2O/c2*1-3-6(2,4)5;/h2*3H2,1-2H3,(H,4,5);1H2. The molecule has 0 aliphatic heterocycles. The third-order valence-corrected chi connectivity index (χ3v) is 3.52. The van der Waals surface area contributed by atoms with Gasteiger partial charge in [-0.25, -0.2) is 0 Å². The van der Waals surface area contributed by atoms with E-state index in [-0.39, 0.29) is 5.48 Å². The molecule has 5 nitrogen and oxygen atoms in total. The predicted octanol–water partition coefficient (Wildman–Crippen LogP) is 0.988. The lowest BCUT2D eigenvalue weighted by Gasteiger charge is -1.94. The summed E-state index contributed by atoms with van der Waals surface area (Å²) in [7, 11) is -5.29. The molecule has 0 aromatic heterocycles. The SMILES string of the molecule is CCP(C)(=O)O.CCP(C)(=O)O.O. The Morgan fingerprint density at radius 2 is 1.00 bits per heavy atom. The molecule has 2 atom stereocenters. The van der Waals surface area contributed by atoms with Gasteiger partial charge < -0.3 is 15.3 Å². The molecule has 7 heteroatoms. The first kappa shape index (κ1) is 19.0. The summed E-state index contributed by atoms with van der Waals surface area (Å²) in [5.74, 6) is 0. The average molecular weight is 234 g/mol. The van der Waals surface area contributed by atoms with Crippen LogP contribution in [0.2, 0.25) is 0 Å². The zero-order chi connectivity index (χ0) is 10.4. The molecule has 13 heavy (non-hydrogen) atoms. The molecule has 0 aromatic rings. The Kier molecular flexibility index (Phi) is 11.3. The van der Waals surface area contributed by atoms with Gasteiger partial charge in [-0.1, -0.05) is 13.8 Å². The summed E-state index contributed by atoms with van der Waals surface area (Å²) in [5, 5.41) is 0. The summed E-state index contributed by atoms with van der Waals surface area (Å²) >= 11 is 0. The summed E-state index contributed by atoms with van der Waals surface area (Å²) in [6, 6.07) is 0. The van der Waals surface area contributed by atoms with Gasteiger partial charge in [0.2, 0.25) is 0 Å². The largest absolute Gasteiger partial charge is 0.412 e. The van der Waals surface area contributed by atoms with Crippen molar-refractivity contribution in [3.8, 4) is 0 Å². The quantitative estimate of drug-likeness (QED) is 0.694. The van der Waals surface area contributed by atoms with Crippen LogP contribution in [0.4, 0.5) is 0 Å². The summed E-state index contributed by atoms with van der Waals surface area (Å²) in [6.45, 7) is 6.10. The van der Waals surface area contributed by atoms with Crippen molar-refractivity contribution >= 4 is 14.7 Å². The molecule has 0 saturated carbocycles. The highest BCUT2D eigenvalue weighted by molar-refractivity contribution is 7.57. The maximum atomic E-state index is 10.1. The molecule has 0 bridgehead atoms. The molecule has 0 aliphatic carbocycles. The van der Waals surface area contributed by atoms with Gasteiger partial charge in [0.15, 0.2) is 14.7 Å². The fourth-order valence-electron chi connectivity index (χ4n) is 0. The Morgan fingerprint density at radius 3 is 1.00 bits per heavy atom. The molecule has 4 N–H and O–H groups in total. The molecule has 0 spiro atoms. The van der Waals surface area contributed by atoms with E-state index in [2.05, 4.69) is 0 Å². The van der Waals surface area contributed by atoms with Gasteiger partial charge in [0, 0.05) is 25.7 Å². The third kappa shape index (κ3) is 32.8. The summed E-state index contributed by atoms with van der Waals surface area (Å²) in [6.07, 6.45) is 0.764. The van der Waals surface area contributed by atoms with Crippen LogP contribution in [0.15, 0.2) is 0 Å². The summed E-state index contributed by atoms with van der Waals surface area (Å²) < 4.78 is 20.3. The van der Waals surface area contributed by atoms with Crippen molar-refractivity contribution in [2.45, 2.75) is 13.8 Å². The highest BCUT2D eigenvalue weighted by atomic mass is 31.2. The molecule has 0 amide bonds. The van der Waals surface area contributed by atoms with Crippen molar-refractivity contribution < 1.29 is 24.4 Å². The Hall–Kier alpha value is 0.340. The van der Waals surface area contributed by atoms with Crippen LogP contribution in [0.25, 0.3) is 0 Å². The maximum absolute atomic E-state index is 10.1. The minimum Gasteiger partial charge on any atom is -0.412 e. The Labute approximate surface area is 79.4 Å². The van der Waals surface area contributed by atoms with E-state index in [0.717, 1.165) is 0 Å². The van der Waals surface area contributed by atoms with Crippen molar-refractivity contribution in [1.29, 1.82) is 0 Å². The molecule has 0 fully saturated rings. The van der Waals surface area contributed by atoms with Gasteiger partial charge >= 0.3 is 0 Å². The lowest BCUT2D eigenvalue weighted by molar-refractivity contribution is 0.485. The lowest BCUT2D eigenvalue weighted by atomic mass is 11.0. The monoisotopic (exact) mass is 234 g/mol. The molecular weight excluding hydrogens is 214 g/mol. The van der Waals surface area contributed by atoms with E-state index in [1.54, 1.807) is 13.8 Å². The Bertz CT molecular complexity index is 169. The average Bonchev–Trinajstić information content (AvgIpc) is 1.86. The van der Waals surface area contributed by atoms with Crippen LogP contribution in [0.3, 0.4) is 0 Å².